The van der Waals surface area contributed by atoms with Crippen molar-refractivity contribution in [3.8, 4) is 0 Å². The van der Waals surface area contributed by atoms with Gasteiger partial charge in [-0.15, -0.1) is 11.3 Å². The summed E-state index contributed by atoms with van der Waals surface area (Å²) in [6.45, 7) is 2.66. The zero-order valence-corrected chi connectivity index (χ0v) is 15.5. The normalized spacial score (nSPS) is 33.7. The lowest BCUT2D eigenvalue weighted by atomic mass is 9.73. The molecule has 2 bridgehead atoms. The van der Waals surface area contributed by atoms with E-state index in [9.17, 15) is 4.79 Å². The van der Waals surface area contributed by atoms with E-state index in [4.69, 9.17) is 4.74 Å². The van der Waals surface area contributed by atoms with E-state index < -0.39 is 0 Å². The van der Waals surface area contributed by atoms with Crippen molar-refractivity contribution in [2.75, 3.05) is 33.7 Å². The minimum absolute atomic E-state index is 0.0739. The molecule has 0 N–H and O–H groups in total. The van der Waals surface area contributed by atoms with Gasteiger partial charge in [0.2, 0.25) is 5.91 Å². The van der Waals surface area contributed by atoms with Gasteiger partial charge in [0, 0.05) is 42.7 Å². The van der Waals surface area contributed by atoms with Crippen LogP contribution in [0.25, 0.3) is 4.96 Å². The van der Waals surface area contributed by atoms with Gasteiger partial charge < -0.3 is 14.5 Å². The fourth-order valence-corrected chi connectivity index (χ4v) is 5.89. The minimum Gasteiger partial charge on any atom is -0.369 e. The SMILES string of the molecule is CN(C)C[C@H]1[C@H]2CN(C(=O)Cc3cn4ccsc4n3)C[C@]23CC[C@H]1O3. The van der Waals surface area contributed by atoms with Gasteiger partial charge in [-0.3, -0.25) is 9.20 Å². The summed E-state index contributed by atoms with van der Waals surface area (Å²) < 4.78 is 8.41. The summed E-state index contributed by atoms with van der Waals surface area (Å²) in [5.41, 5.74) is 0.789. The van der Waals surface area contributed by atoms with Crippen LogP contribution in [0.15, 0.2) is 17.8 Å². The highest BCUT2D eigenvalue weighted by atomic mass is 32.1. The van der Waals surface area contributed by atoms with E-state index in [0.717, 1.165) is 43.1 Å². The molecular weight excluding hydrogens is 336 g/mol. The molecule has 2 aromatic heterocycles. The number of rotatable bonds is 4. The van der Waals surface area contributed by atoms with Gasteiger partial charge in [-0.25, -0.2) is 4.98 Å². The van der Waals surface area contributed by atoms with E-state index in [0.29, 0.717) is 24.4 Å². The van der Waals surface area contributed by atoms with Crippen LogP contribution in [0.5, 0.6) is 0 Å². The maximum Gasteiger partial charge on any atom is 0.228 e. The lowest BCUT2D eigenvalue weighted by molar-refractivity contribution is -0.131. The van der Waals surface area contributed by atoms with Gasteiger partial charge in [0.25, 0.3) is 0 Å². The van der Waals surface area contributed by atoms with Crippen molar-refractivity contribution in [3.05, 3.63) is 23.5 Å². The van der Waals surface area contributed by atoms with Crippen LogP contribution in [-0.4, -0.2) is 70.5 Å². The Balaban J connectivity index is 1.31. The number of nitrogens with zero attached hydrogens (tertiary/aromatic N) is 4. The van der Waals surface area contributed by atoms with Crippen LogP contribution in [0.4, 0.5) is 0 Å². The van der Waals surface area contributed by atoms with Crippen LogP contribution in [0.3, 0.4) is 0 Å². The number of fused-ring (bicyclic) bond motifs is 2. The highest BCUT2D eigenvalue weighted by molar-refractivity contribution is 7.15. The molecule has 3 aliphatic rings. The van der Waals surface area contributed by atoms with Gasteiger partial charge in [0.15, 0.2) is 4.96 Å². The summed E-state index contributed by atoms with van der Waals surface area (Å²) in [6, 6.07) is 0. The molecule has 2 aromatic rings. The zero-order valence-electron chi connectivity index (χ0n) is 14.7. The predicted octanol–water partition coefficient (Wildman–Crippen LogP) is 1.51. The molecule has 134 valence electrons. The van der Waals surface area contributed by atoms with Crippen LogP contribution in [0, 0.1) is 11.8 Å². The minimum atomic E-state index is -0.0739. The molecule has 0 radical (unpaired) electrons. The topological polar surface area (TPSA) is 50.1 Å². The molecule has 6 nitrogen and oxygen atoms in total. The molecule has 25 heavy (non-hydrogen) atoms. The third kappa shape index (κ3) is 2.44. The molecule has 3 saturated heterocycles. The maximum atomic E-state index is 12.9. The first-order chi connectivity index (χ1) is 12.0. The molecule has 5 rings (SSSR count). The summed E-state index contributed by atoms with van der Waals surface area (Å²) in [4.78, 5) is 22.6. The first-order valence-corrected chi connectivity index (χ1v) is 9.93. The van der Waals surface area contributed by atoms with E-state index in [1.54, 1.807) is 11.3 Å². The van der Waals surface area contributed by atoms with Crippen molar-refractivity contribution in [3.63, 3.8) is 0 Å². The van der Waals surface area contributed by atoms with Gasteiger partial charge in [0.1, 0.15) is 0 Å². The molecular formula is C18H24N4O2S. The van der Waals surface area contributed by atoms with Crippen LogP contribution >= 0.6 is 11.3 Å². The molecule has 0 unspecified atom stereocenters. The first kappa shape index (κ1) is 15.8. The van der Waals surface area contributed by atoms with Gasteiger partial charge in [0.05, 0.1) is 30.4 Å². The summed E-state index contributed by atoms with van der Waals surface area (Å²) in [5, 5.41) is 2.01. The Hall–Kier alpha value is -1.44. The number of carbonyl (C=O) groups is 1. The van der Waals surface area contributed by atoms with E-state index in [-0.39, 0.29) is 11.5 Å². The number of ether oxygens (including phenoxy) is 1. The summed E-state index contributed by atoms with van der Waals surface area (Å²) in [6.07, 6.45) is 6.99. The van der Waals surface area contributed by atoms with Gasteiger partial charge in [-0.05, 0) is 26.9 Å². The van der Waals surface area contributed by atoms with Gasteiger partial charge in [-0.2, -0.15) is 0 Å². The largest absolute Gasteiger partial charge is 0.369 e. The average Bonchev–Trinajstić information content (AvgIpc) is 3.29. The second-order valence-corrected chi connectivity index (χ2v) is 8.94. The molecule has 4 atom stereocenters. The molecule has 3 fully saturated rings. The number of thiazole rings is 1. The molecule has 0 aromatic carbocycles. The Morgan fingerprint density at radius 2 is 2.40 bits per heavy atom. The number of hydrogen-bond donors (Lipinski definition) is 0. The Morgan fingerprint density at radius 3 is 3.20 bits per heavy atom. The molecule has 0 saturated carbocycles. The molecule has 1 spiro atoms. The number of likely N-dealkylation sites (tertiary alicyclic amines) is 1. The zero-order chi connectivity index (χ0) is 17.2. The monoisotopic (exact) mass is 360 g/mol. The Bertz CT molecular complexity index is 786. The summed E-state index contributed by atoms with van der Waals surface area (Å²) in [7, 11) is 4.25. The summed E-state index contributed by atoms with van der Waals surface area (Å²) >= 11 is 1.60. The Morgan fingerprint density at radius 1 is 1.52 bits per heavy atom. The van der Waals surface area contributed by atoms with Gasteiger partial charge in [-0.1, -0.05) is 0 Å². The smallest absolute Gasteiger partial charge is 0.228 e. The van der Waals surface area contributed by atoms with E-state index in [1.807, 2.05) is 27.1 Å². The standard InChI is InChI=1S/C18H24N4O2S/c1-20(2)9-13-14-10-22(11-18(14)4-3-15(13)24-18)16(23)7-12-8-21-5-6-25-17(21)19-12/h5-6,8,13-15H,3-4,7,9-11H2,1-2H3/t13-,14+,15+,18+/m0/s1. The number of aromatic nitrogens is 2. The van der Waals surface area contributed by atoms with E-state index >= 15 is 0 Å². The van der Waals surface area contributed by atoms with Crippen molar-refractivity contribution in [2.45, 2.75) is 31.0 Å². The quantitative estimate of drug-likeness (QED) is 0.829. The number of imidazole rings is 1. The van der Waals surface area contributed by atoms with Crippen molar-refractivity contribution in [1.82, 2.24) is 19.2 Å². The fraction of sp³-hybridized carbons (Fsp3) is 0.667. The fourth-order valence-electron chi connectivity index (χ4n) is 5.17. The van der Waals surface area contributed by atoms with Crippen molar-refractivity contribution < 1.29 is 9.53 Å². The Kier molecular flexibility index (Phi) is 3.49. The van der Waals surface area contributed by atoms with Crippen LogP contribution < -0.4 is 0 Å². The third-order valence-electron chi connectivity index (χ3n) is 6.19. The molecule has 5 heterocycles. The number of hydrogen-bond acceptors (Lipinski definition) is 5. The molecule has 1 amide bonds. The van der Waals surface area contributed by atoms with Gasteiger partial charge >= 0.3 is 0 Å². The molecule has 3 aliphatic heterocycles. The highest BCUT2D eigenvalue weighted by Gasteiger charge is 2.63. The van der Waals surface area contributed by atoms with Crippen LogP contribution in [0.2, 0.25) is 0 Å². The predicted molar refractivity (Wildman–Crippen MR) is 95.7 cm³/mol. The van der Waals surface area contributed by atoms with Crippen molar-refractivity contribution in [2.24, 2.45) is 11.8 Å². The second-order valence-electron chi connectivity index (χ2n) is 8.07. The van der Waals surface area contributed by atoms with Crippen LogP contribution in [-0.2, 0) is 16.0 Å². The number of carbonyl (C=O) groups excluding carboxylic acids is 1. The van der Waals surface area contributed by atoms with Crippen molar-refractivity contribution >= 4 is 22.2 Å². The summed E-state index contributed by atoms with van der Waals surface area (Å²) in [5.74, 6) is 1.23. The molecule has 0 aliphatic carbocycles. The maximum absolute atomic E-state index is 12.9. The van der Waals surface area contributed by atoms with Crippen molar-refractivity contribution in [1.29, 1.82) is 0 Å². The average molecular weight is 360 g/mol. The molecule has 7 heteroatoms. The highest BCUT2D eigenvalue weighted by Crippen LogP contribution is 2.54. The van der Waals surface area contributed by atoms with E-state index in [1.165, 1.54) is 0 Å². The third-order valence-corrected chi connectivity index (χ3v) is 6.96. The van der Waals surface area contributed by atoms with Crippen LogP contribution in [0.1, 0.15) is 18.5 Å². The lowest BCUT2D eigenvalue weighted by Crippen LogP contribution is -2.40. The lowest BCUT2D eigenvalue weighted by Gasteiger charge is -2.30. The first-order valence-electron chi connectivity index (χ1n) is 9.05. The Labute approximate surface area is 151 Å². The van der Waals surface area contributed by atoms with E-state index in [2.05, 4.69) is 24.0 Å². The second kappa shape index (κ2) is 5.53. The number of amides is 1.